The van der Waals surface area contributed by atoms with Crippen molar-refractivity contribution in [2.24, 2.45) is 0 Å². The molecule has 1 unspecified atom stereocenters. The smallest absolute Gasteiger partial charge is 0.252 e. The molecule has 0 aliphatic carbocycles. The number of halogens is 2. The summed E-state index contributed by atoms with van der Waals surface area (Å²) in [7, 11) is 0. The van der Waals surface area contributed by atoms with E-state index < -0.39 is 17.4 Å². The second-order valence-corrected chi connectivity index (χ2v) is 5.72. The Morgan fingerprint density at radius 2 is 2.05 bits per heavy atom. The molecule has 1 N–H and O–H groups in total. The fourth-order valence-electron chi connectivity index (χ4n) is 2.32. The molecule has 1 aromatic rings. The average Bonchev–Trinajstić information content (AvgIpc) is 2.36. The maximum absolute atomic E-state index is 13.5. The Hall–Kier alpha value is -1.62. The fourth-order valence-corrected chi connectivity index (χ4v) is 2.53. The zero-order valence-electron chi connectivity index (χ0n) is 11.5. The van der Waals surface area contributed by atoms with Crippen LogP contribution >= 0.6 is 11.6 Å². The first-order valence-corrected chi connectivity index (χ1v) is 6.76. The van der Waals surface area contributed by atoms with E-state index in [1.54, 1.807) is 20.8 Å². The van der Waals surface area contributed by atoms with E-state index in [1.807, 2.05) is 0 Å². The van der Waals surface area contributed by atoms with Crippen LogP contribution in [0.1, 0.15) is 27.2 Å². The Labute approximate surface area is 121 Å². The fraction of sp³-hybridized carbons (Fsp3) is 0.429. The van der Waals surface area contributed by atoms with Gasteiger partial charge in [-0.25, -0.2) is 4.39 Å². The van der Waals surface area contributed by atoms with E-state index in [0.29, 0.717) is 6.42 Å². The third-order valence-electron chi connectivity index (χ3n) is 3.36. The van der Waals surface area contributed by atoms with Gasteiger partial charge < -0.3 is 5.32 Å². The van der Waals surface area contributed by atoms with Crippen molar-refractivity contribution < 1.29 is 14.0 Å². The van der Waals surface area contributed by atoms with Gasteiger partial charge in [-0.05, 0) is 38.5 Å². The Kier molecular flexibility index (Phi) is 3.73. The molecule has 4 nitrogen and oxygen atoms in total. The number of hydrogen-bond donors (Lipinski definition) is 1. The van der Waals surface area contributed by atoms with E-state index >= 15 is 0 Å². The standard InChI is InChI=1S/C14H16ClFN2O2/c1-4-10-12(19)17-14(2,3)13(20)18(10)11-7-8(16)5-6-9(11)15/h5-7,10H,4H2,1-3H3,(H,17,19). The number of carbonyl (C=O) groups is 2. The number of nitrogens with zero attached hydrogens (tertiary/aromatic N) is 1. The number of carbonyl (C=O) groups excluding carboxylic acids is 2. The summed E-state index contributed by atoms with van der Waals surface area (Å²) < 4.78 is 13.5. The molecule has 108 valence electrons. The molecule has 1 aliphatic rings. The second kappa shape index (κ2) is 5.05. The summed E-state index contributed by atoms with van der Waals surface area (Å²) >= 11 is 6.07. The summed E-state index contributed by atoms with van der Waals surface area (Å²) in [6, 6.07) is 3.09. The highest BCUT2D eigenvalue weighted by molar-refractivity contribution is 6.34. The molecule has 1 atom stereocenters. The van der Waals surface area contributed by atoms with Crippen LogP contribution < -0.4 is 10.2 Å². The number of amides is 2. The van der Waals surface area contributed by atoms with Crippen LogP contribution in [-0.4, -0.2) is 23.4 Å². The number of rotatable bonds is 2. The van der Waals surface area contributed by atoms with E-state index in [-0.39, 0.29) is 22.5 Å². The molecule has 2 rings (SSSR count). The Morgan fingerprint density at radius 1 is 1.40 bits per heavy atom. The van der Waals surface area contributed by atoms with Crippen molar-refractivity contribution in [3.8, 4) is 0 Å². The van der Waals surface area contributed by atoms with Gasteiger partial charge in [0.1, 0.15) is 17.4 Å². The van der Waals surface area contributed by atoms with Gasteiger partial charge in [0.2, 0.25) is 5.91 Å². The lowest BCUT2D eigenvalue weighted by atomic mass is 9.95. The first kappa shape index (κ1) is 14.8. The van der Waals surface area contributed by atoms with Gasteiger partial charge in [-0.3, -0.25) is 14.5 Å². The van der Waals surface area contributed by atoms with Crippen molar-refractivity contribution in [1.82, 2.24) is 5.32 Å². The van der Waals surface area contributed by atoms with Crippen LogP contribution in [0.15, 0.2) is 18.2 Å². The predicted molar refractivity (Wildman–Crippen MR) is 75.2 cm³/mol. The molecule has 1 aromatic carbocycles. The monoisotopic (exact) mass is 298 g/mol. The molecule has 0 saturated carbocycles. The van der Waals surface area contributed by atoms with Gasteiger partial charge in [0.25, 0.3) is 5.91 Å². The Balaban J connectivity index is 2.57. The quantitative estimate of drug-likeness (QED) is 0.912. The van der Waals surface area contributed by atoms with Gasteiger partial charge in [-0.2, -0.15) is 0 Å². The lowest BCUT2D eigenvalue weighted by molar-refractivity contribution is -0.137. The average molecular weight is 299 g/mol. The van der Waals surface area contributed by atoms with Crippen molar-refractivity contribution in [1.29, 1.82) is 0 Å². The van der Waals surface area contributed by atoms with Gasteiger partial charge in [0.15, 0.2) is 0 Å². The van der Waals surface area contributed by atoms with Crippen molar-refractivity contribution in [2.45, 2.75) is 38.8 Å². The van der Waals surface area contributed by atoms with Crippen LogP contribution in [0.4, 0.5) is 10.1 Å². The SMILES string of the molecule is CCC1C(=O)NC(C)(C)C(=O)N1c1cc(F)ccc1Cl. The topological polar surface area (TPSA) is 49.4 Å². The summed E-state index contributed by atoms with van der Waals surface area (Å²) in [4.78, 5) is 26.0. The summed E-state index contributed by atoms with van der Waals surface area (Å²) in [5.41, 5.74) is -0.815. The van der Waals surface area contributed by atoms with E-state index in [9.17, 15) is 14.0 Å². The van der Waals surface area contributed by atoms with E-state index in [0.717, 1.165) is 0 Å². The second-order valence-electron chi connectivity index (χ2n) is 5.31. The van der Waals surface area contributed by atoms with E-state index in [1.165, 1.54) is 23.1 Å². The van der Waals surface area contributed by atoms with Gasteiger partial charge in [0, 0.05) is 0 Å². The van der Waals surface area contributed by atoms with Crippen molar-refractivity contribution in [3.05, 3.63) is 29.0 Å². The lowest BCUT2D eigenvalue weighted by Crippen LogP contribution is -2.68. The highest BCUT2D eigenvalue weighted by atomic mass is 35.5. The molecule has 1 fully saturated rings. The molecular formula is C14H16ClFN2O2. The molecule has 6 heteroatoms. The van der Waals surface area contributed by atoms with E-state index in [4.69, 9.17) is 11.6 Å². The Morgan fingerprint density at radius 3 is 2.65 bits per heavy atom. The zero-order valence-corrected chi connectivity index (χ0v) is 12.3. The zero-order chi connectivity index (χ0) is 15.1. The molecule has 1 heterocycles. The number of nitrogens with one attached hydrogen (secondary N) is 1. The highest BCUT2D eigenvalue weighted by Gasteiger charge is 2.45. The normalized spacial score (nSPS) is 21.9. The largest absolute Gasteiger partial charge is 0.340 e. The molecule has 1 saturated heterocycles. The molecule has 0 bridgehead atoms. The molecule has 2 amide bonds. The summed E-state index contributed by atoms with van der Waals surface area (Å²) in [5, 5.41) is 2.91. The maximum atomic E-state index is 13.5. The maximum Gasteiger partial charge on any atom is 0.252 e. The van der Waals surface area contributed by atoms with Crippen molar-refractivity contribution in [2.75, 3.05) is 4.90 Å². The number of piperazine rings is 1. The summed E-state index contributed by atoms with van der Waals surface area (Å²) in [5.74, 6) is -1.08. The van der Waals surface area contributed by atoms with Crippen molar-refractivity contribution in [3.63, 3.8) is 0 Å². The number of hydrogen-bond acceptors (Lipinski definition) is 2. The molecule has 20 heavy (non-hydrogen) atoms. The third-order valence-corrected chi connectivity index (χ3v) is 3.68. The third kappa shape index (κ3) is 2.38. The molecular weight excluding hydrogens is 283 g/mol. The van der Waals surface area contributed by atoms with Crippen LogP contribution in [-0.2, 0) is 9.59 Å². The van der Waals surface area contributed by atoms with Gasteiger partial charge >= 0.3 is 0 Å². The number of anilines is 1. The van der Waals surface area contributed by atoms with Gasteiger partial charge in [-0.15, -0.1) is 0 Å². The van der Waals surface area contributed by atoms with Crippen LogP contribution in [0.5, 0.6) is 0 Å². The predicted octanol–water partition coefficient (Wildman–Crippen LogP) is 2.50. The molecule has 1 aliphatic heterocycles. The Bertz CT molecular complexity index is 574. The molecule has 0 spiro atoms. The molecule has 0 radical (unpaired) electrons. The summed E-state index contributed by atoms with van der Waals surface area (Å²) in [6.45, 7) is 5.01. The minimum atomic E-state index is -1.04. The first-order valence-electron chi connectivity index (χ1n) is 6.38. The van der Waals surface area contributed by atoms with E-state index in [2.05, 4.69) is 5.32 Å². The van der Waals surface area contributed by atoms with Crippen LogP contribution in [0.25, 0.3) is 0 Å². The lowest BCUT2D eigenvalue weighted by Gasteiger charge is -2.42. The van der Waals surface area contributed by atoms with Crippen LogP contribution in [0, 0.1) is 5.82 Å². The molecule has 0 aromatic heterocycles. The number of benzene rings is 1. The first-order chi connectivity index (χ1) is 9.27. The minimum absolute atomic E-state index is 0.228. The highest BCUT2D eigenvalue weighted by Crippen LogP contribution is 2.33. The summed E-state index contributed by atoms with van der Waals surface area (Å²) in [6.07, 6.45) is 0.417. The van der Waals surface area contributed by atoms with Crippen molar-refractivity contribution >= 4 is 29.1 Å². The van der Waals surface area contributed by atoms with Gasteiger partial charge in [0.05, 0.1) is 10.7 Å². The minimum Gasteiger partial charge on any atom is -0.340 e. The van der Waals surface area contributed by atoms with Crippen LogP contribution in [0.2, 0.25) is 5.02 Å². The van der Waals surface area contributed by atoms with Gasteiger partial charge in [-0.1, -0.05) is 18.5 Å². The van der Waals surface area contributed by atoms with Crippen LogP contribution in [0.3, 0.4) is 0 Å².